The summed E-state index contributed by atoms with van der Waals surface area (Å²) in [7, 11) is 4.35. The highest BCUT2D eigenvalue weighted by Gasteiger charge is 2.23. The third kappa shape index (κ3) is 5.12. The van der Waals surface area contributed by atoms with Crippen molar-refractivity contribution in [3.8, 4) is 0 Å². The van der Waals surface area contributed by atoms with Crippen molar-refractivity contribution in [2.75, 3.05) is 27.2 Å². The fourth-order valence-electron chi connectivity index (χ4n) is 3.51. The molecule has 2 rings (SSSR count). The molecule has 1 aliphatic rings. The molecule has 1 aromatic carbocycles. The van der Waals surface area contributed by atoms with E-state index in [2.05, 4.69) is 55.5 Å². The molecule has 0 fully saturated rings. The van der Waals surface area contributed by atoms with Crippen LogP contribution in [-0.2, 0) is 6.42 Å². The van der Waals surface area contributed by atoms with E-state index in [9.17, 15) is 0 Å². The molecule has 2 heteroatoms. The van der Waals surface area contributed by atoms with Gasteiger partial charge in [0.1, 0.15) is 0 Å². The molecule has 0 saturated carbocycles. The average molecular weight is 288 g/mol. The number of nitrogens with zero attached hydrogens (tertiary/aromatic N) is 1. The Morgan fingerprint density at radius 1 is 1.29 bits per heavy atom. The fraction of sp³-hybridized carbons (Fsp3) is 0.684. The SMILES string of the molecule is CCCNC(CCN(C)C)CC1CCCc2ccccc21. The Kier molecular flexibility index (Phi) is 6.72. The second-order valence-electron chi connectivity index (χ2n) is 6.77. The molecule has 2 nitrogen and oxygen atoms in total. The van der Waals surface area contributed by atoms with Gasteiger partial charge in [-0.15, -0.1) is 0 Å². The zero-order valence-electron chi connectivity index (χ0n) is 14.1. The van der Waals surface area contributed by atoms with Gasteiger partial charge in [0, 0.05) is 6.04 Å². The Hall–Kier alpha value is -0.860. The molecule has 118 valence electrons. The summed E-state index contributed by atoms with van der Waals surface area (Å²) in [6.45, 7) is 4.58. The van der Waals surface area contributed by atoms with Crippen LogP contribution >= 0.6 is 0 Å². The highest BCUT2D eigenvalue weighted by atomic mass is 15.1. The lowest BCUT2D eigenvalue weighted by atomic mass is 9.79. The Morgan fingerprint density at radius 3 is 2.86 bits per heavy atom. The molecule has 0 radical (unpaired) electrons. The number of nitrogens with one attached hydrogen (secondary N) is 1. The average Bonchev–Trinajstić information content (AvgIpc) is 2.50. The van der Waals surface area contributed by atoms with Crippen LogP contribution in [0.2, 0.25) is 0 Å². The van der Waals surface area contributed by atoms with Gasteiger partial charge in [-0.1, -0.05) is 31.2 Å². The zero-order valence-corrected chi connectivity index (χ0v) is 14.1. The number of benzene rings is 1. The maximum Gasteiger partial charge on any atom is 0.00850 e. The van der Waals surface area contributed by atoms with Crippen LogP contribution in [0.25, 0.3) is 0 Å². The van der Waals surface area contributed by atoms with Gasteiger partial charge < -0.3 is 10.2 Å². The molecule has 0 amide bonds. The van der Waals surface area contributed by atoms with Gasteiger partial charge in [0.25, 0.3) is 0 Å². The normalized spacial score (nSPS) is 19.5. The van der Waals surface area contributed by atoms with E-state index < -0.39 is 0 Å². The first-order valence-electron chi connectivity index (χ1n) is 8.66. The Bertz CT molecular complexity index is 414. The first kappa shape index (κ1) is 16.5. The number of aryl methyl sites for hydroxylation is 1. The molecule has 0 bridgehead atoms. The van der Waals surface area contributed by atoms with Crippen molar-refractivity contribution in [2.24, 2.45) is 0 Å². The molecule has 1 aromatic rings. The number of rotatable bonds is 8. The number of hydrogen-bond acceptors (Lipinski definition) is 2. The predicted octanol–water partition coefficient (Wildman–Crippen LogP) is 3.82. The topological polar surface area (TPSA) is 15.3 Å². The maximum atomic E-state index is 3.78. The van der Waals surface area contributed by atoms with E-state index in [1.165, 1.54) is 45.1 Å². The molecule has 1 aliphatic carbocycles. The smallest absolute Gasteiger partial charge is 0.00850 e. The lowest BCUT2D eigenvalue weighted by Crippen LogP contribution is -2.34. The molecular formula is C19H32N2. The molecule has 0 aromatic heterocycles. The van der Waals surface area contributed by atoms with Crippen LogP contribution in [0.5, 0.6) is 0 Å². The molecule has 2 atom stereocenters. The molecular weight excluding hydrogens is 256 g/mol. The lowest BCUT2D eigenvalue weighted by molar-refractivity contribution is 0.330. The zero-order chi connectivity index (χ0) is 15.1. The van der Waals surface area contributed by atoms with Crippen molar-refractivity contribution in [1.29, 1.82) is 0 Å². The minimum atomic E-state index is 0.656. The highest BCUT2D eigenvalue weighted by molar-refractivity contribution is 5.32. The minimum Gasteiger partial charge on any atom is -0.314 e. The van der Waals surface area contributed by atoms with Gasteiger partial charge in [-0.2, -0.15) is 0 Å². The van der Waals surface area contributed by atoms with Crippen molar-refractivity contribution in [1.82, 2.24) is 10.2 Å². The molecule has 0 aliphatic heterocycles. The van der Waals surface area contributed by atoms with Crippen LogP contribution in [0.3, 0.4) is 0 Å². The summed E-state index contributed by atoms with van der Waals surface area (Å²) in [5.41, 5.74) is 3.22. The van der Waals surface area contributed by atoms with Crippen molar-refractivity contribution >= 4 is 0 Å². The highest BCUT2D eigenvalue weighted by Crippen LogP contribution is 2.35. The van der Waals surface area contributed by atoms with Crippen LogP contribution in [0.15, 0.2) is 24.3 Å². The predicted molar refractivity (Wildman–Crippen MR) is 92.0 cm³/mol. The molecule has 2 unspecified atom stereocenters. The largest absolute Gasteiger partial charge is 0.314 e. The fourth-order valence-corrected chi connectivity index (χ4v) is 3.51. The summed E-state index contributed by atoms with van der Waals surface area (Å²) in [6.07, 6.45) is 7.77. The second kappa shape index (κ2) is 8.55. The van der Waals surface area contributed by atoms with E-state index in [0.717, 1.165) is 12.5 Å². The first-order chi connectivity index (χ1) is 10.2. The van der Waals surface area contributed by atoms with Gasteiger partial charge in [-0.25, -0.2) is 0 Å². The lowest BCUT2D eigenvalue weighted by Gasteiger charge is -2.30. The van der Waals surface area contributed by atoms with Gasteiger partial charge >= 0.3 is 0 Å². The van der Waals surface area contributed by atoms with Gasteiger partial charge in [0.2, 0.25) is 0 Å². The van der Waals surface area contributed by atoms with E-state index in [1.54, 1.807) is 11.1 Å². The third-order valence-electron chi connectivity index (χ3n) is 4.67. The van der Waals surface area contributed by atoms with Crippen LogP contribution in [-0.4, -0.2) is 38.1 Å². The van der Waals surface area contributed by atoms with Crippen molar-refractivity contribution in [3.63, 3.8) is 0 Å². The Labute approximate surface area is 130 Å². The van der Waals surface area contributed by atoms with Crippen molar-refractivity contribution in [2.45, 2.75) is 57.4 Å². The molecule has 0 heterocycles. The van der Waals surface area contributed by atoms with Crippen LogP contribution < -0.4 is 5.32 Å². The standard InChI is InChI=1S/C19H32N2/c1-4-13-20-18(12-14-21(2)3)15-17-10-7-9-16-8-5-6-11-19(16)17/h5-6,8,11,17-18,20H,4,7,9-10,12-15H2,1-3H3. The van der Waals surface area contributed by atoms with Crippen LogP contribution in [0, 0.1) is 0 Å². The van der Waals surface area contributed by atoms with E-state index in [1.807, 2.05) is 0 Å². The van der Waals surface area contributed by atoms with Crippen LogP contribution in [0.4, 0.5) is 0 Å². The summed E-state index contributed by atoms with van der Waals surface area (Å²) in [6, 6.07) is 9.76. The minimum absolute atomic E-state index is 0.656. The molecule has 1 N–H and O–H groups in total. The maximum absolute atomic E-state index is 3.78. The third-order valence-corrected chi connectivity index (χ3v) is 4.67. The monoisotopic (exact) mass is 288 g/mol. The number of hydrogen-bond donors (Lipinski definition) is 1. The second-order valence-corrected chi connectivity index (χ2v) is 6.77. The Morgan fingerprint density at radius 2 is 2.10 bits per heavy atom. The Balaban J connectivity index is 1.99. The van der Waals surface area contributed by atoms with Gasteiger partial charge in [-0.05, 0) is 82.8 Å². The summed E-state index contributed by atoms with van der Waals surface area (Å²) in [5, 5.41) is 3.78. The van der Waals surface area contributed by atoms with E-state index in [0.29, 0.717) is 6.04 Å². The van der Waals surface area contributed by atoms with Crippen molar-refractivity contribution in [3.05, 3.63) is 35.4 Å². The van der Waals surface area contributed by atoms with Gasteiger partial charge in [-0.3, -0.25) is 0 Å². The molecule has 0 saturated heterocycles. The van der Waals surface area contributed by atoms with E-state index in [-0.39, 0.29) is 0 Å². The van der Waals surface area contributed by atoms with Crippen LogP contribution in [0.1, 0.15) is 56.1 Å². The van der Waals surface area contributed by atoms with Crippen molar-refractivity contribution < 1.29 is 0 Å². The summed E-state index contributed by atoms with van der Waals surface area (Å²) < 4.78 is 0. The number of fused-ring (bicyclic) bond motifs is 1. The molecule has 0 spiro atoms. The summed E-state index contributed by atoms with van der Waals surface area (Å²) >= 11 is 0. The van der Waals surface area contributed by atoms with E-state index in [4.69, 9.17) is 0 Å². The summed E-state index contributed by atoms with van der Waals surface area (Å²) in [4.78, 5) is 2.30. The molecule has 21 heavy (non-hydrogen) atoms. The first-order valence-corrected chi connectivity index (χ1v) is 8.66. The summed E-state index contributed by atoms with van der Waals surface area (Å²) in [5.74, 6) is 0.756. The van der Waals surface area contributed by atoms with Gasteiger partial charge in [0.15, 0.2) is 0 Å². The van der Waals surface area contributed by atoms with Gasteiger partial charge in [0.05, 0.1) is 0 Å². The quantitative estimate of drug-likeness (QED) is 0.782. The van der Waals surface area contributed by atoms with E-state index >= 15 is 0 Å².